The molecule has 0 aliphatic carbocycles. The van der Waals surface area contributed by atoms with Crippen LogP contribution >= 0.6 is 11.6 Å². The fourth-order valence-corrected chi connectivity index (χ4v) is 3.13. The van der Waals surface area contributed by atoms with E-state index in [9.17, 15) is 4.79 Å². The molecule has 2 aromatic rings. The summed E-state index contributed by atoms with van der Waals surface area (Å²) in [5.41, 5.74) is 2.14. The number of likely N-dealkylation sites (tertiary alicyclic amines) is 1. The molecule has 0 spiro atoms. The van der Waals surface area contributed by atoms with E-state index in [1.165, 1.54) is 0 Å². The van der Waals surface area contributed by atoms with Crippen molar-refractivity contribution in [2.75, 3.05) is 18.4 Å². The number of amides is 1. The number of nitrogens with one attached hydrogen (secondary N) is 1. The molecule has 0 bridgehead atoms. The number of nitrogens with zero attached hydrogens (tertiary/aromatic N) is 3. The van der Waals surface area contributed by atoms with E-state index in [0.717, 1.165) is 34.9 Å². The number of hydrogen-bond acceptors (Lipinski definition) is 4. The van der Waals surface area contributed by atoms with E-state index in [1.807, 2.05) is 35.2 Å². The highest BCUT2D eigenvalue weighted by Gasteiger charge is 2.29. The number of aryl methyl sites for hydroxylation is 1. The molecule has 0 radical (unpaired) electrons. The average molecular weight is 345 g/mol. The van der Waals surface area contributed by atoms with Crippen LogP contribution in [0.25, 0.3) is 0 Å². The van der Waals surface area contributed by atoms with Crippen LogP contribution in [0.3, 0.4) is 0 Å². The van der Waals surface area contributed by atoms with Crippen LogP contribution in [0, 0.1) is 0 Å². The van der Waals surface area contributed by atoms with Crippen LogP contribution in [0.1, 0.15) is 24.6 Å². The second kappa shape index (κ2) is 7.62. The maximum absolute atomic E-state index is 12.2. The van der Waals surface area contributed by atoms with Gasteiger partial charge in [-0.05, 0) is 30.5 Å². The second-order valence-electron chi connectivity index (χ2n) is 6.01. The first-order chi connectivity index (χ1) is 11.6. The van der Waals surface area contributed by atoms with Crippen LogP contribution in [-0.2, 0) is 17.6 Å². The van der Waals surface area contributed by atoms with Gasteiger partial charge in [-0.2, -0.15) is 0 Å². The molecule has 6 heteroatoms. The summed E-state index contributed by atoms with van der Waals surface area (Å²) < 4.78 is 0. The number of anilines is 1. The number of aromatic nitrogens is 2. The van der Waals surface area contributed by atoms with Crippen LogP contribution in [-0.4, -0.2) is 39.9 Å². The van der Waals surface area contributed by atoms with Gasteiger partial charge in [-0.15, -0.1) is 0 Å². The van der Waals surface area contributed by atoms with Crippen molar-refractivity contribution < 1.29 is 4.79 Å². The van der Waals surface area contributed by atoms with Crippen LogP contribution in [0.4, 0.5) is 5.82 Å². The quantitative estimate of drug-likeness (QED) is 0.875. The first-order valence-electron chi connectivity index (χ1n) is 8.23. The molecule has 0 saturated carbocycles. The van der Waals surface area contributed by atoms with Crippen molar-refractivity contribution >= 4 is 23.3 Å². The first-order valence-corrected chi connectivity index (χ1v) is 8.61. The van der Waals surface area contributed by atoms with Crippen LogP contribution in [0.2, 0.25) is 5.02 Å². The highest BCUT2D eigenvalue weighted by molar-refractivity contribution is 6.30. The zero-order chi connectivity index (χ0) is 16.9. The molecule has 5 nitrogen and oxygen atoms in total. The third kappa shape index (κ3) is 4.23. The van der Waals surface area contributed by atoms with E-state index in [4.69, 9.17) is 11.6 Å². The van der Waals surface area contributed by atoms with Crippen molar-refractivity contribution in [3.8, 4) is 0 Å². The summed E-state index contributed by atoms with van der Waals surface area (Å²) in [6, 6.07) is 9.82. The van der Waals surface area contributed by atoms with Gasteiger partial charge < -0.3 is 10.2 Å². The molecule has 3 rings (SSSR count). The van der Waals surface area contributed by atoms with Crippen LogP contribution in [0.5, 0.6) is 0 Å². The minimum atomic E-state index is 0.0940. The predicted molar refractivity (Wildman–Crippen MR) is 95.2 cm³/mol. The van der Waals surface area contributed by atoms with E-state index in [2.05, 4.69) is 22.2 Å². The third-order valence-electron chi connectivity index (χ3n) is 4.21. The Bertz CT molecular complexity index is 722. The summed E-state index contributed by atoms with van der Waals surface area (Å²) in [5.74, 6) is 0.968. The van der Waals surface area contributed by atoms with Crippen molar-refractivity contribution in [2.45, 2.75) is 32.2 Å². The Morgan fingerprint density at radius 1 is 1.33 bits per heavy atom. The Kier molecular flexibility index (Phi) is 5.30. The Morgan fingerprint density at radius 3 is 3.00 bits per heavy atom. The fourth-order valence-electron chi connectivity index (χ4n) is 2.92. The molecule has 1 N–H and O–H groups in total. The Labute approximate surface area is 147 Å². The molecular formula is C18H21ClN4O. The summed E-state index contributed by atoms with van der Waals surface area (Å²) in [7, 11) is 0. The lowest BCUT2D eigenvalue weighted by molar-refractivity contribution is -0.127. The van der Waals surface area contributed by atoms with Crippen molar-refractivity contribution in [3.05, 3.63) is 52.9 Å². The van der Waals surface area contributed by atoms with Crippen LogP contribution < -0.4 is 5.32 Å². The molecule has 1 fully saturated rings. The summed E-state index contributed by atoms with van der Waals surface area (Å²) in [6.07, 6.45) is 3.74. The number of rotatable bonds is 6. The van der Waals surface area contributed by atoms with E-state index in [1.54, 1.807) is 6.33 Å². The van der Waals surface area contributed by atoms with Gasteiger partial charge in [-0.3, -0.25) is 4.79 Å². The Morgan fingerprint density at radius 2 is 2.21 bits per heavy atom. The number of carbonyl (C=O) groups excluding carboxylic acids is 1. The standard InChI is InChI=1S/C18H21ClN4O/c1-2-15-9-17(21-12-20-15)22-16-10-18(24)23(11-16)7-6-13-4-3-5-14(19)8-13/h3-5,8-9,12,16H,2,6-7,10-11H2,1H3,(H,20,21,22)/t16-/m0/s1. The van der Waals surface area contributed by atoms with Gasteiger partial charge in [0.1, 0.15) is 12.1 Å². The Hall–Kier alpha value is -2.14. The van der Waals surface area contributed by atoms with Crippen LogP contribution in [0.15, 0.2) is 36.7 Å². The monoisotopic (exact) mass is 344 g/mol. The molecule has 1 aromatic heterocycles. The minimum Gasteiger partial charge on any atom is -0.365 e. The van der Waals surface area contributed by atoms with Gasteiger partial charge in [0.15, 0.2) is 0 Å². The van der Waals surface area contributed by atoms with Crippen molar-refractivity contribution in [2.24, 2.45) is 0 Å². The second-order valence-corrected chi connectivity index (χ2v) is 6.45. The summed E-state index contributed by atoms with van der Waals surface area (Å²) in [4.78, 5) is 22.5. The highest BCUT2D eigenvalue weighted by Crippen LogP contribution is 2.17. The fraction of sp³-hybridized carbons (Fsp3) is 0.389. The Balaban J connectivity index is 1.55. The van der Waals surface area contributed by atoms with Gasteiger partial charge in [-0.25, -0.2) is 9.97 Å². The lowest BCUT2D eigenvalue weighted by atomic mass is 10.1. The summed E-state index contributed by atoms with van der Waals surface area (Å²) in [5, 5.41) is 4.08. The first kappa shape index (κ1) is 16.7. The molecule has 1 aliphatic rings. The lowest BCUT2D eigenvalue weighted by Gasteiger charge is -2.17. The van der Waals surface area contributed by atoms with Gasteiger partial charge >= 0.3 is 0 Å². The van der Waals surface area contributed by atoms with Gasteiger partial charge in [0.2, 0.25) is 5.91 Å². The maximum atomic E-state index is 12.2. The SMILES string of the molecule is CCc1cc(N[C@H]2CC(=O)N(CCc3cccc(Cl)c3)C2)ncn1. The van der Waals surface area contributed by atoms with Gasteiger partial charge in [0, 0.05) is 36.3 Å². The normalized spacial score (nSPS) is 17.3. The summed E-state index contributed by atoms with van der Waals surface area (Å²) >= 11 is 6.00. The van der Waals surface area contributed by atoms with E-state index < -0.39 is 0 Å². The van der Waals surface area contributed by atoms with E-state index >= 15 is 0 Å². The zero-order valence-corrected chi connectivity index (χ0v) is 14.5. The lowest BCUT2D eigenvalue weighted by Crippen LogP contribution is -2.30. The maximum Gasteiger partial charge on any atom is 0.224 e. The average Bonchev–Trinajstić information content (AvgIpc) is 2.92. The molecule has 1 aromatic carbocycles. The zero-order valence-electron chi connectivity index (χ0n) is 13.7. The number of hydrogen-bond donors (Lipinski definition) is 1. The third-order valence-corrected chi connectivity index (χ3v) is 4.45. The molecule has 2 heterocycles. The van der Waals surface area contributed by atoms with Crippen molar-refractivity contribution in [1.29, 1.82) is 0 Å². The predicted octanol–water partition coefficient (Wildman–Crippen LogP) is 2.95. The highest BCUT2D eigenvalue weighted by atomic mass is 35.5. The number of halogens is 1. The minimum absolute atomic E-state index is 0.0940. The number of benzene rings is 1. The molecule has 1 atom stereocenters. The molecule has 126 valence electrons. The molecule has 1 amide bonds. The van der Waals surface area contributed by atoms with E-state index in [-0.39, 0.29) is 11.9 Å². The molecule has 1 saturated heterocycles. The topological polar surface area (TPSA) is 58.1 Å². The largest absolute Gasteiger partial charge is 0.365 e. The molecule has 1 aliphatic heterocycles. The molecular weight excluding hydrogens is 324 g/mol. The smallest absolute Gasteiger partial charge is 0.224 e. The van der Waals surface area contributed by atoms with Crippen molar-refractivity contribution in [3.63, 3.8) is 0 Å². The van der Waals surface area contributed by atoms with E-state index in [0.29, 0.717) is 19.5 Å². The number of carbonyl (C=O) groups is 1. The van der Waals surface area contributed by atoms with Gasteiger partial charge in [0.25, 0.3) is 0 Å². The van der Waals surface area contributed by atoms with Gasteiger partial charge in [-0.1, -0.05) is 30.7 Å². The van der Waals surface area contributed by atoms with Crippen molar-refractivity contribution in [1.82, 2.24) is 14.9 Å². The molecule has 24 heavy (non-hydrogen) atoms. The summed E-state index contributed by atoms with van der Waals surface area (Å²) in [6.45, 7) is 3.47. The van der Waals surface area contributed by atoms with Gasteiger partial charge in [0.05, 0.1) is 6.04 Å². The molecule has 0 unspecified atom stereocenters.